The summed E-state index contributed by atoms with van der Waals surface area (Å²) in [6.07, 6.45) is 0. The van der Waals surface area contributed by atoms with Crippen molar-refractivity contribution in [3.8, 4) is 11.1 Å². The summed E-state index contributed by atoms with van der Waals surface area (Å²) >= 11 is 0. The van der Waals surface area contributed by atoms with Crippen LogP contribution in [0.3, 0.4) is 0 Å². The molecule has 0 saturated heterocycles. The Labute approximate surface area is 106 Å². The average molecular weight is 364 g/mol. The van der Waals surface area contributed by atoms with Gasteiger partial charge in [0.05, 0.1) is 0 Å². The zero-order valence-corrected chi connectivity index (χ0v) is 11.8. The molecule has 0 aliphatic heterocycles. The summed E-state index contributed by atoms with van der Waals surface area (Å²) in [5.74, 6) is 0. The van der Waals surface area contributed by atoms with Crippen LogP contribution in [-0.4, -0.2) is 0 Å². The Morgan fingerprint density at radius 2 is 1.80 bits per heavy atom. The topological polar surface area (TPSA) is 0 Å². The largest absolute Gasteiger partial charge is 2.00 e. The zero-order chi connectivity index (χ0) is 9.97. The molecule has 74 valence electrons. The van der Waals surface area contributed by atoms with Crippen LogP contribution in [0.25, 0.3) is 11.1 Å². The van der Waals surface area contributed by atoms with E-state index in [1.54, 1.807) is 0 Å². The number of hydrogen-bond acceptors (Lipinski definition) is 0. The SMILES string of the molecule is Cc1[c-]c(-c2[c-]cccc2)c(C)cc1.[W+2]. The van der Waals surface area contributed by atoms with E-state index in [9.17, 15) is 0 Å². The van der Waals surface area contributed by atoms with Crippen molar-refractivity contribution in [3.05, 3.63) is 59.7 Å². The van der Waals surface area contributed by atoms with E-state index in [1.165, 1.54) is 11.1 Å². The first-order chi connectivity index (χ1) is 6.77. The molecule has 0 unspecified atom stereocenters. The molecule has 2 aromatic carbocycles. The summed E-state index contributed by atoms with van der Waals surface area (Å²) in [6, 6.07) is 18.8. The Morgan fingerprint density at radius 3 is 2.47 bits per heavy atom. The zero-order valence-electron chi connectivity index (χ0n) is 8.87. The van der Waals surface area contributed by atoms with Crippen LogP contribution < -0.4 is 0 Å². The molecule has 0 spiro atoms. The molecule has 0 radical (unpaired) electrons. The number of aryl methyl sites for hydroxylation is 2. The Bertz CT molecular complexity index is 432. The molecule has 0 bridgehead atoms. The smallest absolute Gasteiger partial charge is 0.226 e. The fourth-order valence-corrected chi connectivity index (χ4v) is 1.50. The molecule has 0 N–H and O–H groups in total. The molecular formula is C14H12W. The molecule has 15 heavy (non-hydrogen) atoms. The van der Waals surface area contributed by atoms with E-state index in [2.05, 4.69) is 44.2 Å². The average Bonchev–Trinajstić information content (AvgIpc) is 2.23. The van der Waals surface area contributed by atoms with E-state index in [-0.39, 0.29) is 21.1 Å². The van der Waals surface area contributed by atoms with Gasteiger partial charge in [-0.3, -0.25) is 0 Å². The first-order valence-electron chi connectivity index (χ1n) is 4.74. The molecule has 0 aliphatic carbocycles. The van der Waals surface area contributed by atoms with Crippen molar-refractivity contribution >= 4 is 0 Å². The third-order valence-electron chi connectivity index (χ3n) is 2.28. The van der Waals surface area contributed by atoms with Gasteiger partial charge in [-0.1, -0.05) is 13.8 Å². The first kappa shape index (κ1) is 12.2. The molecule has 0 amide bonds. The molecule has 0 aliphatic rings. The summed E-state index contributed by atoms with van der Waals surface area (Å²) in [5, 5.41) is 0. The predicted octanol–water partition coefficient (Wildman–Crippen LogP) is 3.57. The minimum Gasteiger partial charge on any atom is -0.226 e. The summed E-state index contributed by atoms with van der Waals surface area (Å²) in [4.78, 5) is 0. The third kappa shape index (κ3) is 2.79. The van der Waals surface area contributed by atoms with Crippen molar-refractivity contribution in [2.24, 2.45) is 0 Å². The number of rotatable bonds is 1. The normalized spacial score (nSPS) is 9.47. The van der Waals surface area contributed by atoms with E-state index in [0.29, 0.717) is 0 Å². The van der Waals surface area contributed by atoms with Gasteiger partial charge in [0, 0.05) is 0 Å². The predicted molar refractivity (Wildman–Crippen MR) is 59.0 cm³/mol. The van der Waals surface area contributed by atoms with Gasteiger partial charge in [0.1, 0.15) is 0 Å². The Hall–Kier alpha value is -0.872. The maximum Gasteiger partial charge on any atom is 2.00 e. The maximum absolute atomic E-state index is 3.36. The van der Waals surface area contributed by atoms with Gasteiger partial charge in [0.25, 0.3) is 0 Å². The van der Waals surface area contributed by atoms with Gasteiger partial charge in [-0.2, -0.15) is 42.0 Å². The van der Waals surface area contributed by atoms with Crippen LogP contribution in [0.5, 0.6) is 0 Å². The van der Waals surface area contributed by atoms with Crippen LogP contribution in [-0.2, 0) is 21.1 Å². The standard InChI is InChI=1S/C14H12.W/c1-11-8-9-12(2)14(10-11)13-6-4-3-5-7-13;/h3-6,8-9H,1-2H3;/q-2;+2. The Balaban J connectivity index is 0.00000112. The summed E-state index contributed by atoms with van der Waals surface area (Å²) < 4.78 is 0. The van der Waals surface area contributed by atoms with Gasteiger partial charge in [0.15, 0.2) is 0 Å². The number of benzene rings is 2. The molecule has 2 rings (SSSR count). The Morgan fingerprint density at radius 1 is 1.00 bits per heavy atom. The van der Waals surface area contributed by atoms with Crippen molar-refractivity contribution in [3.63, 3.8) is 0 Å². The quantitative estimate of drug-likeness (QED) is 0.679. The monoisotopic (exact) mass is 364 g/mol. The van der Waals surface area contributed by atoms with Gasteiger partial charge < -0.3 is 0 Å². The van der Waals surface area contributed by atoms with E-state index in [4.69, 9.17) is 0 Å². The van der Waals surface area contributed by atoms with Gasteiger partial charge in [-0.25, -0.2) is 11.1 Å². The fraction of sp³-hybridized carbons (Fsp3) is 0.143. The van der Waals surface area contributed by atoms with Crippen molar-refractivity contribution in [2.45, 2.75) is 13.8 Å². The molecule has 0 atom stereocenters. The maximum atomic E-state index is 3.36. The molecule has 0 fully saturated rings. The van der Waals surface area contributed by atoms with Crippen LogP contribution in [0.1, 0.15) is 11.1 Å². The van der Waals surface area contributed by atoms with Crippen molar-refractivity contribution in [1.82, 2.24) is 0 Å². The van der Waals surface area contributed by atoms with Gasteiger partial charge >= 0.3 is 21.1 Å². The van der Waals surface area contributed by atoms with Gasteiger partial charge in [-0.05, 0) is 0 Å². The molecule has 0 aromatic heterocycles. The van der Waals surface area contributed by atoms with E-state index < -0.39 is 0 Å². The molecule has 2 aromatic rings. The van der Waals surface area contributed by atoms with Crippen LogP contribution >= 0.6 is 0 Å². The summed E-state index contributed by atoms with van der Waals surface area (Å²) in [7, 11) is 0. The van der Waals surface area contributed by atoms with Crippen molar-refractivity contribution < 1.29 is 21.1 Å². The second kappa shape index (κ2) is 5.28. The second-order valence-electron chi connectivity index (χ2n) is 3.48. The van der Waals surface area contributed by atoms with E-state index in [1.807, 2.05) is 18.2 Å². The minimum absolute atomic E-state index is 0. The van der Waals surface area contributed by atoms with Crippen molar-refractivity contribution in [2.75, 3.05) is 0 Å². The summed E-state index contributed by atoms with van der Waals surface area (Å²) in [6.45, 7) is 4.16. The number of hydrogen-bond donors (Lipinski definition) is 0. The first-order valence-corrected chi connectivity index (χ1v) is 4.74. The molecule has 1 heteroatoms. The fourth-order valence-electron chi connectivity index (χ4n) is 1.50. The summed E-state index contributed by atoms with van der Waals surface area (Å²) in [5.41, 5.74) is 4.69. The van der Waals surface area contributed by atoms with Crippen LogP contribution in [0, 0.1) is 26.0 Å². The van der Waals surface area contributed by atoms with Gasteiger partial charge in [-0.15, -0.1) is 17.7 Å². The Kier molecular flexibility index (Phi) is 4.29. The van der Waals surface area contributed by atoms with E-state index in [0.717, 1.165) is 11.1 Å². The molecule has 0 heterocycles. The molecular weight excluding hydrogens is 352 g/mol. The van der Waals surface area contributed by atoms with Crippen LogP contribution in [0.2, 0.25) is 0 Å². The molecule has 0 saturated carbocycles. The van der Waals surface area contributed by atoms with Crippen LogP contribution in [0.4, 0.5) is 0 Å². The van der Waals surface area contributed by atoms with E-state index >= 15 is 0 Å². The minimum atomic E-state index is 0. The molecule has 0 nitrogen and oxygen atoms in total. The van der Waals surface area contributed by atoms with Crippen LogP contribution in [0.15, 0.2) is 36.4 Å². The third-order valence-corrected chi connectivity index (χ3v) is 2.28. The van der Waals surface area contributed by atoms with Gasteiger partial charge in [0.2, 0.25) is 0 Å². The second-order valence-corrected chi connectivity index (χ2v) is 3.48. The van der Waals surface area contributed by atoms with Crippen molar-refractivity contribution in [1.29, 1.82) is 0 Å².